The Kier molecular flexibility index (Phi) is 13.1. The van der Waals surface area contributed by atoms with E-state index in [2.05, 4.69) is 19.2 Å². The fraction of sp³-hybridized carbons (Fsp3) is 0.500. The van der Waals surface area contributed by atoms with Gasteiger partial charge in [0.05, 0.1) is 6.54 Å². The van der Waals surface area contributed by atoms with Crippen molar-refractivity contribution in [2.75, 3.05) is 31.6 Å². The van der Waals surface area contributed by atoms with E-state index in [0.29, 0.717) is 55.1 Å². The number of carbonyl (C=O) groups is 2. The number of carbonyl (C=O) groups excluding carboxylic acids is 1. The summed E-state index contributed by atoms with van der Waals surface area (Å²) in [5, 5.41) is 12.9. The topological polar surface area (TPSA) is 88.1 Å². The Hall–Kier alpha value is -2.77. The molecule has 2 N–H and O–H groups in total. The van der Waals surface area contributed by atoms with E-state index in [-0.39, 0.29) is 6.03 Å². The number of ether oxygens (including phenoxy) is 2. The molecule has 1 unspecified atom stereocenters. The molecule has 0 fully saturated rings. The average Bonchev–Trinajstić information content (AvgIpc) is 2.85. The van der Waals surface area contributed by atoms with Gasteiger partial charge in [-0.3, -0.25) is 0 Å². The van der Waals surface area contributed by atoms with Gasteiger partial charge in [-0.15, -0.1) is 0 Å². The van der Waals surface area contributed by atoms with Gasteiger partial charge in [0, 0.05) is 30.3 Å². The quantitative estimate of drug-likeness (QED) is 0.265. The molecule has 0 saturated heterocycles. The van der Waals surface area contributed by atoms with E-state index in [9.17, 15) is 14.7 Å². The number of urea groups is 1. The van der Waals surface area contributed by atoms with Crippen LogP contribution in [0, 0.1) is 5.92 Å². The Morgan fingerprint density at radius 3 is 2.19 bits per heavy atom. The van der Waals surface area contributed by atoms with Crippen molar-refractivity contribution in [3.05, 3.63) is 59.1 Å². The molecule has 0 aliphatic carbocycles. The van der Waals surface area contributed by atoms with Gasteiger partial charge in [-0.1, -0.05) is 50.4 Å². The zero-order valence-corrected chi connectivity index (χ0v) is 22.3. The fourth-order valence-electron chi connectivity index (χ4n) is 4.09. The van der Waals surface area contributed by atoms with E-state index in [0.717, 1.165) is 31.2 Å². The van der Waals surface area contributed by atoms with Crippen LogP contribution in [0.1, 0.15) is 52.0 Å². The van der Waals surface area contributed by atoms with Gasteiger partial charge in [0.2, 0.25) is 0 Å². The average molecular weight is 519 g/mol. The van der Waals surface area contributed by atoms with Crippen LogP contribution in [0.5, 0.6) is 5.75 Å². The maximum absolute atomic E-state index is 13.1. The molecule has 1 atom stereocenters. The Labute approximate surface area is 219 Å². The number of hydrogen-bond acceptors (Lipinski definition) is 4. The molecule has 36 heavy (non-hydrogen) atoms. The molecule has 0 aliphatic rings. The molecule has 0 radical (unpaired) electrons. The maximum atomic E-state index is 13.1. The first kappa shape index (κ1) is 29.5. The van der Waals surface area contributed by atoms with Crippen LogP contribution in [0.15, 0.2) is 48.5 Å². The number of anilines is 1. The standard InChI is InChI=1S/C28H39ClN2O5/c1-4-7-22(8-5-2)20-31(28(34)30-24-13-11-23(29)12-14-24)17-18-36-25-15-9-21(10-16-25)19-26(27(32)33)35-6-3/h9-16,22,26H,4-8,17-20H2,1-3H3,(H,30,34)(H,32,33). The van der Waals surface area contributed by atoms with Crippen LogP contribution in [-0.2, 0) is 16.0 Å². The first-order valence-electron chi connectivity index (χ1n) is 12.7. The lowest BCUT2D eigenvalue weighted by Crippen LogP contribution is -2.41. The number of hydrogen-bond donors (Lipinski definition) is 2. The van der Waals surface area contributed by atoms with Gasteiger partial charge in [0.1, 0.15) is 12.4 Å². The lowest BCUT2D eigenvalue weighted by Gasteiger charge is -2.28. The predicted octanol–water partition coefficient (Wildman–Crippen LogP) is 6.50. The molecule has 0 bridgehead atoms. The summed E-state index contributed by atoms with van der Waals surface area (Å²) in [6.45, 7) is 7.90. The van der Waals surface area contributed by atoms with Crippen LogP contribution < -0.4 is 10.1 Å². The van der Waals surface area contributed by atoms with E-state index in [1.807, 2.05) is 29.2 Å². The summed E-state index contributed by atoms with van der Waals surface area (Å²) in [6, 6.07) is 14.2. The number of carboxylic acids is 1. The van der Waals surface area contributed by atoms with Gasteiger partial charge in [-0.25, -0.2) is 9.59 Å². The molecule has 8 heteroatoms. The van der Waals surface area contributed by atoms with Gasteiger partial charge in [0.25, 0.3) is 0 Å². The molecule has 7 nitrogen and oxygen atoms in total. The molecule has 198 valence electrons. The molecule has 2 rings (SSSR count). The second-order valence-electron chi connectivity index (χ2n) is 8.81. The number of nitrogens with zero attached hydrogens (tertiary/aromatic N) is 1. The number of carboxylic acid groups (broad SMARTS) is 1. The summed E-state index contributed by atoms with van der Waals surface area (Å²) in [4.78, 5) is 26.2. The van der Waals surface area contributed by atoms with Crippen LogP contribution in [0.3, 0.4) is 0 Å². The van der Waals surface area contributed by atoms with Crippen molar-refractivity contribution in [2.24, 2.45) is 5.92 Å². The molecule has 2 aromatic rings. The largest absolute Gasteiger partial charge is 0.492 e. The first-order valence-corrected chi connectivity index (χ1v) is 13.1. The van der Waals surface area contributed by atoms with Gasteiger partial charge in [0.15, 0.2) is 6.10 Å². The highest BCUT2D eigenvalue weighted by Gasteiger charge is 2.20. The van der Waals surface area contributed by atoms with Gasteiger partial charge < -0.3 is 24.8 Å². The normalized spacial score (nSPS) is 11.8. The van der Waals surface area contributed by atoms with Crippen LogP contribution in [-0.4, -0.2) is 54.4 Å². The minimum atomic E-state index is -0.974. The van der Waals surface area contributed by atoms with E-state index in [1.165, 1.54) is 0 Å². The van der Waals surface area contributed by atoms with Crippen molar-refractivity contribution in [3.63, 3.8) is 0 Å². The van der Waals surface area contributed by atoms with Crippen molar-refractivity contribution in [1.29, 1.82) is 0 Å². The van der Waals surface area contributed by atoms with Crippen molar-refractivity contribution in [1.82, 2.24) is 4.90 Å². The molecule has 0 saturated carbocycles. The number of nitrogens with one attached hydrogen (secondary N) is 1. The zero-order chi connectivity index (χ0) is 26.3. The van der Waals surface area contributed by atoms with Crippen molar-refractivity contribution < 1.29 is 24.2 Å². The van der Waals surface area contributed by atoms with Crippen molar-refractivity contribution in [2.45, 2.75) is 59.0 Å². The molecule has 0 spiro atoms. The molecular weight excluding hydrogens is 480 g/mol. The summed E-state index contributed by atoms with van der Waals surface area (Å²) in [7, 11) is 0. The highest BCUT2D eigenvalue weighted by atomic mass is 35.5. The Balaban J connectivity index is 1.99. The third-order valence-electron chi connectivity index (χ3n) is 5.87. The Morgan fingerprint density at radius 2 is 1.64 bits per heavy atom. The molecule has 0 aromatic heterocycles. The maximum Gasteiger partial charge on any atom is 0.333 e. The van der Waals surface area contributed by atoms with Crippen LogP contribution >= 0.6 is 11.6 Å². The molecule has 0 heterocycles. The number of amides is 2. The number of halogens is 1. The fourth-order valence-corrected chi connectivity index (χ4v) is 4.22. The number of benzene rings is 2. The zero-order valence-electron chi connectivity index (χ0n) is 21.5. The summed E-state index contributed by atoms with van der Waals surface area (Å²) < 4.78 is 11.2. The van der Waals surface area contributed by atoms with Gasteiger partial charge in [-0.2, -0.15) is 0 Å². The highest BCUT2D eigenvalue weighted by Crippen LogP contribution is 2.19. The van der Waals surface area contributed by atoms with Crippen molar-refractivity contribution in [3.8, 4) is 5.75 Å². The minimum absolute atomic E-state index is 0.163. The smallest absolute Gasteiger partial charge is 0.333 e. The van der Waals surface area contributed by atoms with E-state index in [1.54, 1.807) is 31.2 Å². The minimum Gasteiger partial charge on any atom is -0.492 e. The first-order chi connectivity index (χ1) is 17.4. The summed E-state index contributed by atoms with van der Waals surface area (Å²) in [5.74, 6) is 0.125. The summed E-state index contributed by atoms with van der Waals surface area (Å²) in [5.41, 5.74) is 1.55. The van der Waals surface area contributed by atoms with Crippen LogP contribution in [0.25, 0.3) is 0 Å². The predicted molar refractivity (Wildman–Crippen MR) is 144 cm³/mol. The Morgan fingerprint density at radius 1 is 1.00 bits per heavy atom. The second kappa shape index (κ2) is 16.1. The molecule has 0 aliphatic heterocycles. The number of aliphatic carboxylic acids is 1. The Bertz CT molecular complexity index is 915. The third kappa shape index (κ3) is 10.5. The monoisotopic (exact) mass is 518 g/mol. The van der Waals surface area contributed by atoms with E-state index in [4.69, 9.17) is 21.1 Å². The lowest BCUT2D eigenvalue weighted by atomic mass is 9.98. The molecular formula is C28H39ClN2O5. The molecule has 2 amide bonds. The van der Waals surface area contributed by atoms with Gasteiger partial charge >= 0.3 is 12.0 Å². The van der Waals surface area contributed by atoms with Crippen LogP contribution in [0.4, 0.5) is 10.5 Å². The summed E-state index contributed by atoms with van der Waals surface area (Å²) >= 11 is 5.97. The molecule has 2 aromatic carbocycles. The second-order valence-corrected chi connectivity index (χ2v) is 9.24. The van der Waals surface area contributed by atoms with Crippen LogP contribution in [0.2, 0.25) is 5.02 Å². The number of rotatable bonds is 16. The SMILES string of the molecule is CCCC(CCC)CN(CCOc1ccc(CC(OCC)C(=O)O)cc1)C(=O)Nc1ccc(Cl)cc1. The van der Waals surface area contributed by atoms with E-state index >= 15 is 0 Å². The third-order valence-corrected chi connectivity index (χ3v) is 6.12. The summed E-state index contributed by atoms with van der Waals surface area (Å²) in [6.07, 6.45) is 3.71. The van der Waals surface area contributed by atoms with E-state index < -0.39 is 12.1 Å². The van der Waals surface area contributed by atoms with Gasteiger partial charge in [-0.05, 0) is 67.6 Å². The van der Waals surface area contributed by atoms with Crippen molar-refractivity contribution >= 4 is 29.3 Å². The highest BCUT2D eigenvalue weighted by molar-refractivity contribution is 6.30. The lowest BCUT2D eigenvalue weighted by molar-refractivity contribution is -0.149.